The lowest BCUT2D eigenvalue weighted by Gasteiger charge is -2.06. The molecule has 1 aromatic heterocycles. The third kappa shape index (κ3) is 6.64. The third-order valence-corrected chi connectivity index (χ3v) is 4.97. The second-order valence-corrected chi connectivity index (χ2v) is 7.92. The first-order valence-electron chi connectivity index (χ1n) is 8.27. The number of ether oxygens (including phenoxy) is 1. The molecule has 0 bridgehead atoms. The fourth-order valence-corrected chi connectivity index (χ4v) is 3.56. The van der Waals surface area contributed by atoms with Crippen molar-refractivity contribution in [3.05, 3.63) is 29.8 Å². The van der Waals surface area contributed by atoms with Gasteiger partial charge in [-0.15, -0.1) is 10.2 Å². The standard InChI is InChI=1S/C17H22N4O3S2/c1-4-9-24-15(23)12-5-7-13(8-6-12)19-14(22)10-25-17-21-20-16(26-17)18-11(2)3/h5-8,11H,4,9-10H2,1-3H3,(H,18,20)(H,19,22). The van der Waals surface area contributed by atoms with E-state index in [9.17, 15) is 9.59 Å². The normalized spacial score (nSPS) is 10.6. The largest absolute Gasteiger partial charge is 0.462 e. The van der Waals surface area contributed by atoms with Gasteiger partial charge in [-0.05, 0) is 44.5 Å². The van der Waals surface area contributed by atoms with Gasteiger partial charge in [0.2, 0.25) is 11.0 Å². The van der Waals surface area contributed by atoms with Gasteiger partial charge >= 0.3 is 5.97 Å². The Morgan fingerprint density at radius 2 is 1.96 bits per heavy atom. The van der Waals surface area contributed by atoms with Gasteiger partial charge in [0, 0.05) is 11.7 Å². The van der Waals surface area contributed by atoms with Crippen LogP contribution < -0.4 is 10.6 Å². The zero-order chi connectivity index (χ0) is 18.9. The van der Waals surface area contributed by atoms with Crippen LogP contribution in [0.25, 0.3) is 0 Å². The summed E-state index contributed by atoms with van der Waals surface area (Å²) in [6.07, 6.45) is 0.779. The number of benzene rings is 1. The number of hydrogen-bond donors (Lipinski definition) is 2. The van der Waals surface area contributed by atoms with E-state index in [0.29, 0.717) is 17.9 Å². The number of nitrogens with one attached hydrogen (secondary N) is 2. The van der Waals surface area contributed by atoms with Crippen LogP contribution in [-0.2, 0) is 9.53 Å². The van der Waals surface area contributed by atoms with Crippen LogP contribution in [-0.4, -0.2) is 40.5 Å². The monoisotopic (exact) mass is 394 g/mol. The van der Waals surface area contributed by atoms with Crippen LogP contribution in [0.2, 0.25) is 0 Å². The molecule has 0 atom stereocenters. The average Bonchev–Trinajstić information content (AvgIpc) is 3.05. The molecular weight excluding hydrogens is 372 g/mol. The lowest BCUT2D eigenvalue weighted by molar-refractivity contribution is -0.113. The van der Waals surface area contributed by atoms with Crippen molar-refractivity contribution < 1.29 is 14.3 Å². The fourth-order valence-electron chi connectivity index (χ4n) is 1.87. The Balaban J connectivity index is 1.80. The number of carbonyl (C=O) groups is 2. The highest BCUT2D eigenvalue weighted by Gasteiger charge is 2.10. The predicted octanol–water partition coefficient (Wildman–Crippen LogP) is 3.66. The minimum atomic E-state index is -0.359. The molecule has 140 valence electrons. The summed E-state index contributed by atoms with van der Waals surface area (Å²) >= 11 is 2.75. The number of anilines is 2. The Bertz CT molecular complexity index is 732. The van der Waals surface area contributed by atoms with Gasteiger partial charge in [0.05, 0.1) is 17.9 Å². The van der Waals surface area contributed by atoms with Gasteiger partial charge in [-0.3, -0.25) is 4.79 Å². The summed E-state index contributed by atoms with van der Waals surface area (Å²) in [6, 6.07) is 6.91. The summed E-state index contributed by atoms with van der Waals surface area (Å²) in [6.45, 7) is 6.38. The number of carbonyl (C=O) groups excluding carboxylic acids is 2. The molecule has 0 saturated carbocycles. The summed E-state index contributed by atoms with van der Waals surface area (Å²) < 4.78 is 5.80. The second-order valence-electron chi connectivity index (χ2n) is 5.72. The lowest BCUT2D eigenvalue weighted by Crippen LogP contribution is -2.14. The zero-order valence-electron chi connectivity index (χ0n) is 14.9. The van der Waals surface area contributed by atoms with Crippen molar-refractivity contribution in [2.24, 2.45) is 0 Å². The van der Waals surface area contributed by atoms with Gasteiger partial charge in [0.25, 0.3) is 0 Å². The molecular formula is C17H22N4O3S2. The molecule has 0 aliphatic rings. The van der Waals surface area contributed by atoms with Crippen LogP contribution in [0.1, 0.15) is 37.6 Å². The highest BCUT2D eigenvalue weighted by atomic mass is 32.2. The molecule has 0 unspecified atom stereocenters. The SMILES string of the molecule is CCCOC(=O)c1ccc(NC(=O)CSc2nnc(NC(C)C)s2)cc1. The van der Waals surface area contributed by atoms with Crippen molar-refractivity contribution in [1.29, 1.82) is 0 Å². The molecule has 7 nitrogen and oxygen atoms in total. The Morgan fingerprint density at radius 1 is 1.23 bits per heavy atom. The van der Waals surface area contributed by atoms with E-state index < -0.39 is 0 Å². The van der Waals surface area contributed by atoms with Crippen LogP contribution in [0.15, 0.2) is 28.6 Å². The number of amides is 1. The number of rotatable bonds is 9. The van der Waals surface area contributed by atoms with Crippen molar-refractivity contribution in [2.45, 2.75) is 37.6 Å². The quantitative estimate of drug-likeness (QED) is 0.495. The van der Waals surface area contributed by atoms with E-state index in [1.807, 2.05) is 20.8 Å². The maximum absolute atomic E-state index is 12.0. The Kier molecular flexibility index (Phi) is 7.86. The minimum absolute atomic E-state index is 0.148. The summed E-state index contributed by atoms with van der Waals surface area (Å²) in [5.74, 6) is -0.274. The van der Waals surface area contributed by atoms with Crippen molar-refractivity contribution in [3.8, 4) is 0 Å². The molecule has 0 radical (unpaired) electrons. The molecule has 0 aliphatic heterocycles. The van der Waals surface area contributed by atoms with Gasteiger partial charge in [-0.1, -0.05) is 30.0 Å². The van der Waals surface area contributed by atoms with E-state index in [-0.39, 0.29) is 23.7 Å². The first kappa shape index (κ1) is 20.2. The number of nitrogens with zero attached hydrogens (tertiary/aromatic N) is 2. The van der Waals surface area contributed by atoms with Gasteiger partial charge in [-0.2, -0.15) is 0 Å². The van der Waals surface area contributed by atoms with Crippen molar-refractivity contribution >= 4 is 45.8 Å². The topological polar surface area (TPSA) is 93.2 Å². The molecule has 2 N–H and O–H groups in total. The van der Waals surface area contributed by atoms with Crippen molar-refractivity contribution in [1.82, 2.24) is 10.2 Å². The lowest BCUT2D eigenvalue weighted by atomic mass is 10.2. The van der Waals surface area contributed by atoms with Crippen LogP contribution >= 0.6 is 23.1 Å². The Labute approximate surface area is 160 Å². The zero-order valence-corrected chi connectivity index (χ0v) is 16.6. The highest BCUT2D eigenvalue weighted by molar-refractivity contribution is 8.01. The third-order valence-electron chi connectivity index (χ3n) is 2.99. The van der Waals surface area contributed by atoms with Gasteiger partial charge in [0.15, 0.2) is 4.34 Å². The van der Waals surface area contributed by atoms with Crippen LogP contribution in [0, 0.1) is 0 Å². The smallest absolute Gasteiger partial charge is 0.338 e. The Hall–Kier alpha value is -2.13. The van der Waals surface area contributed by atoms with E-state index in [0.717, 1.165) is 15.9 Å². The summed E-state index contributed by atoms with van der Waals surface area (Å²) in [5.41, 5.74) is 1.09. The predicted molar refractivity (Wildman–Crippen MR) is 105 cm³/mol. The molecule has 1 aromatic carbocycles. The highest BCUT2D eigenvalue weighted by Crippen LogP contribution is 2.25. The van der Waals surface area contributed by atoms with E-state index >= 15 is 0 Å². The molecule has 2 rings (SSSR count). The summed E-state index contributed by atoms with van der Waals surface area (Å²) in [5, 5.41) is 14.8. The molecule has 0 fully saturated rings. The van der Waals surface area contributed by atoms with E-state index in [4.69, 9.17) is 4.74 Å². The van der Waals surface area contributed by atoms with E-state index in [1.54, 1.807) is 24.3 Å². The number of esters is 1. The van der Waals surface area contributed by atoms with Gasteiger partial charge in [-0.25, -0.2) is 4.79 Å². The maximum atomic E-state index is 12.0. The maximum Gasteiger partial charge on any atom is 0.338 e. The fraction of sp³-hybridized carbons (Fsp3) is 0.412. The van der Waals surface area contributed by atoms with Crippen LogP contribution in [0.4, 0.5) is 10.8 Å². The first-order valence-corrected chi connectivity index (χ1v) is 10.1. The number of thioether (sulfide) groups is 1. The molecule has 0 spiro atoms. The molecule has 0 saturated heterocycles. The summed E-state index contributed by atoms with van der Waals surface area (Å²) in [7, 11) is 0. The number of aromatic nitrogens is 2. The van der Waals surface area contributed by atoms with Gasteiger partial charge < -0.3 is 15.4 Å². The molecule has 9 heteroatoms. The molecule has 0 aliphatic carbocycles. The second kappa shape index (κ2) is 10.1. The molecule has 26 heavy (non-hydrogen) atoms. The molecule has 1 heterocycles. The van der Waals surface area contributed by atoms with Crippen molar-refractivity contribution in [2.75, 3.05) is 23.0 Å². The average molecular weight is 395 g/mol. The first-order chi connectivity index (χ1) is 12.5. The molecule has 1 amide bonds. The van der Waals surface area contributed by atoms with Crippen molar-refractivity contribution in [3.63, 3.8) is 0 Å². The van der Waals surface area contributed by atoms with Gasteiger partial charge in [0.1, 0.15) is 0 Å². The molecule has 2 aromatic rings. The minimum Gasteiger partial charge on any atom is -0.462 e. The summed E-state index contributed by atoms with van der Waals surface area (Å²) in [4.78, 5) is 23.8. The van der Waals surface area contributed by atoms with Crippen LogP contribution in [0.3, 0.4) is 0 Å². The van der Waals surface area contributed by atoms with E-state index in [2.05, 4.69) is 20.8 Å². The Morgan fingerprint density at radius 3 is 2.62 bits per heavy atom. The van der Waals surface area contributed by atoms with E-state index in [1.165, 1.54) is 23.1 Å². The van der Waals surface area contributed by atoms with Crippen LogP contribution in [0.5, 0.6) is 0 Å². The number of hydrogen-bond acceptors (Lipinski definition) is 8.